The molecule has 0 saturated carbocycles. The van der Waals surface area contributed by atoms with Crippen LogP contribution in [-0.4, -0.2) is 54.7 Å². The van der Waals surface area contributed by atoms with Gasteiger partial charge in [-0.1, -0.05) is 30.3 Å². The first-order chi connectivity index (χ1) is 16.1. The van der Waals surface area contributed by atoms with E-state index in [1.54, 1.807) is 18.2 Å². The molecule has 1 fully saturated rings. The van der Waals surface area contributed by atoms with Crippen LogP contribution in [0, 0.1) is 5.92 Å². The van der Waals surface area contributed by atoms with Gasteiger partial charge in [0.2, 0.25) is 0 Å². The Morgan fingerprint density at radius 2 is 1.70 bits per heavy atom. The van der Waals surface area contributed by atoms with Crippen LogP contribution < -0.4 is 14.4 Å². The summed E-state index contributed by atoms with van der Waals surface area (Å²) >= 11 is 0. The number of nitrogens with zero attached hydrogens (tertiary/aromatic N) is 2. The fraction of sp³-hybridized carbons (Fsp3) is 0.385. The molecule has 2 aliphatic rings. The molecule has 2 amide bonds. The molecule has 7 heteroatoms. The number of carbonyl (C=O) groups is 2. The Labute approximate surface area is 194 Å². The zero-order valence-electron chi connectivity index (χ0n) is 19.1. The van der Waals surface area contributed by atoms with Crippen LogP contribution in [0.5, 0.6) is 11.5 Å². The maximum atomic E-state index is 13.7. The number of amides is 2. The number of rotatable bonds is 8. The molecule has 2 aromatic carbocycles. The summed E-state index contributed by atoms with van der Waals surface area (Å²) in [6.45, 7) is 5.94. The zero-order valence-corrected chi connectivity index (χ0v) is 19.1. The van der Waals surface area contributed by atoms with E-state index in [1.165, 1.54) is 4.90 Å². The largest absolute Gasteiger partial charge is 0.490 e. The van der Waals surface area contributed by atoms with Gasteiger partial charge in [-0.3, -0.25) is 9.59 Å². The molecule has 2 aromatic rings. The van der Waals surface area contributed by atoms with Crippen molar-refractivity contribution in [3.05, 3.63) is 59.8 Å². The molecule has 4 rings (SSSR count). The quantitative estimate of drug-likeness (QED) is 0.621. The number of aliphatic hydroxyl groups is 1. The lowest BCUT2D eigenvalue weighted by Crippen LogP contribution is -2.40. The summed E-state index contributed by atoms with van der Waals surface area (Å²) < 4.78 is 11.4. The van der Waals surface area contributed by atoms with Crippen molar-refractivity contribution in [2.45, 2.75) is 26.7 Å². The van der Waals surface area contributed by atoms with Gasteiger partial charge >= 0.3 is 0 Å². The van der Waals surface area contributed by atoms with Gasteiger partial charge in [0.1, 0.15) is 5.70 Å². The smallest absolute Gasteiger partial charge is 0.282 e. The second-order valence-corrected chi connectivity index (χ2v) is 8.17. The van der Waals surface area contributed by atoms with Gasteiger partial charge in [-0.05, 0) is 50.3 Å². The molecule has 7 nitrogen and oxygen atoms in total. The van der Waals surface area contributed by atoms with E-state index in [0.717, 1.165) is 12.8 Å². The van der Waals surface area contributed by atoms with E-state index in [2.05, 4.69) is 0 Å². The highest BCUT2D eigenvalue weighted by Gasteiger charge is 2.43. The van der Waals surface area contributed by atoms with E-state index in [1.807, 2.05) is 49.1 Å². The Kier molecular flexibility index (Phi) is 6.99. The topological polar surface area (TPSA) is 79.3 Å². The fourth-order valence-corrected chi connectivity index (χ4v) is 4.51. The summed E-state index contributed by atoms with van der Waals surface area (Å²) in [4.78, 5) is 30.6. The van der Waals surface area contributed by atoms with Crippen molar-refractivity contribution in [3.63, 3.8) is 0 Å². The predicted molar refractivity (Wildman–Crippen MR) is 126 cm³/mol. The Morgan fingerprint density at radius 3 is 2.39 bits per heavy atom. The number of imide groups is 1. The van der Waals surface area contributed by atoms with Crippen LogP contribution in [0.25, 0.3) is 5.57 Å². The lowest BCUT2D eigenvalue weighted by Gasteiger charge is -2.34. The number of hydrogen-bond acceptors (Lipinski definition) is 6. The molecule has 33 heavy (non-hydrogen) atoms. The number of piperidine rings is 1. The first kappa shape index (κ1) is 22.9. The van der Waals surface area contributed by atoms with E-state index < -0.39 is 0 Å². The van der Waals surface area contributed by atoms with Crippen LogP contribution in [0.15, 0.2) is 54.2 Å². The van der Waals surface area contributed by atoms with E-state index in [-0.39, 0.29) is 24.3 Å². The molecule has 1 N–H and O–H groups in total. The van der Waals surface area contributed by atoms with Gasteiger partial charge < -0.3 is 19.5 Å². The molecule has 0 radical (unpaired) electrons. The number of ether oxygens (including phenoxy) is 2. The highest BCUT2D eigenvalue weighted by molar-refractivity contribution is 6.45. The zero-order chi connectivity index (χ0) is 23.4. The summed E-state index contributed by atoms with van der Waals surface area (Å²) in [5, 5.41) is 9.70. The highest BCUT2D eigenvalue weighted by atomic mass is 16.5. The average Bonchev–Trinajstić information content (AvgIpc) is 3.11. The van der Waals surface area contributed by atoms with Crippen molar-refractivity contribution in [2.24, 2.45) is 5.92 Å². The van der Waals surface area contributed by atoms with Gasteiger partial charge in [-0.2, -0.15) is 0 Å². The van der Waals surface area contributed by atoms with Crippen molar-refractivity contribution in [1.82, 2.24) is 4.90 Å². The average molecular weight is 451 g/mol. The van der Waals surface area contributed by atoms with E-state index in [0.29, 0.717) is 60.3 Å². The van der Waals surface area contributed by atoms with Crippen molar-refractivity contribution >= 4 is 23.1 Å². The first-order valence-electron chi connectivity index (χ1n) is 11.5. The second kappa shape index (κ2) is 10.1. The van der Waals surface area contributed by atoms with Crippen molar-refractivity contribution < 1.29 is 24.2 Å². The molecule has 174 valence electrons. The second-order valence-electron chi connectivity index (χ2n) is 8.17. The van der Waals surface area contributed by atoms with Crippen molar-refractivity contribution in [3.8, 4) is 11.5 Å². The van der Waals surface area contributed by atoms with Gasteiger partial charge in [0, 0.05) is 25.8 Å². The Hall–Kier alpha value is -3.32. The van der Waals surface area contributed by atoms with Crippen molar-refractivity contribution in [2.75, 3.05) is 37.8 Å². The fourth-order valence-electron chi connectivity index (χ4n) is 4.51. The minimum absolute atomic E-state index is 0.0624. The van der Waals surface area contributed by atoms with Crippen LogP contribution in [0.3, 0.4) is 0 Å². The van der Waals surface area contributed by atoms with Gasteiger partial charge in [-0.15, -0.1) is 0 Å². The monoisotopic (exact) mass is 450 g/mol. The van der Waals surface area contributed by atoms with Gasteiger partial charge in [0.15, 0.2) is 11.5 Å². The third kappa shape index (κ3) is 4.46. The summed E-state index contributed by atoms with van der Waals surface area (Å²) in [5.41, 5.74) is 1.94. The molecule has 0 aliphatic carbocycles. The Bertz CT molecular complexity index is 1050. The van der Waals surface area contributed by atoms with E-state index in [4.69, 9.17) is 9.47 Å². The lowest BCUT2D eigenvalue weighted by molar-refractivity contribution is -0.120. The molecular formula is C26H30N2O5. The molecule has 2 heterocycles. The summed E-state index contributed by atoms with van der Waals surface area (Å²) in [6, 6.07) is 14.4. The van der Waals surface area contributed by atoms with Gasteiger partial charge in [0.05, 0.1) is 24.5 Å². The van der Waals surface area contributed by atoms with Gasteiger partial charge in [-0.25, -0.2) is 4.90 Å². The third-order valence-corrected chi connectivity index (χ3v) is 6.00. The standard InChI is InChI=1S/C26H30N2O5/c1-3-32-21-13-12-20(15-22(21)33-4-2)28-25(30)23(19-10-6-5-7-11-19)24(26(28)31)27-14-8-9-18(16-27)17-29/h5-7,10-13,15,18,29H,3-4,8-9,14,16-17H2,1-2H3. The van der Waals surface area contributed by atoms with E-state index in [9.17, 15) is 14.7 Å². The first-order valence-corrected chi connectivity index (χ1v) is 11.5. The SMILES string of the molecule is CCOc1ccc(N2C(=O)C(c3ccccc3)=C(N3CCCC(CO)C3)C2=O)cc1OCC. The van der Waals surface area contributed by atoms with Crippen LogP contribution in [-0.2, 0) is 9.59 Å². The summed E-state index contributed by atoms with van der Waals surface area (Å²) in [5.74, 6) is 0.421. The lowest BCUT2D eigenvalue weighted by atomic mass is 9.97. The number of anilines is 1. The van der Waals surface area contributed by atoms with E-state index >= 15 is 0 Å². The molecule has 2 aliphatic heterocycles. The maximum Gasteiger partial charge on any atom is 0.282 e. The van der Waals surface area contributed by atoms with Crippen LogP contribution in [0.4, 0.5) is 5.69 Å². The van der Waals surface area contributed by atoms with Crippen LogP contribution in [0.1, 0.15) is 32.3 Å². The minimum atomic E-state index is -0.362. The number of likely N-dealkylation sites (tertiary alicyclic amines) is 1. The Balaban J connectivity index is 1.77. The molecule has 0 spiro atoms. The van der Waals surface area contributed by atoms with Crippen LogP contribution in [0.2, 0.25) is 0 Å². The number of hydrogen-bond donors (Lipinski definition) is 1. The number of aliphatic hydroxyl groups excluding tert-OH is 1. The molecule has 0 bridgehead atoms. The summed E-state index contributed by atoms with van der Waals surface area (Å²) in [6.07, 6.45) is 1.76. The molecule has 1 atom stereocenters. The Morgan fingerprint density at radius 1 is 0.970 bits per heavy atom. The summed E-state index contributed by atoms with van der Waals surface area (Å²) in [7, 11) is 0. The number of carbonyl (C=O) groups excluding carboxylic acids is 2. The van der Waals surface area contributed by atoms with Crippen LogP contribution >= 0.6 is 0 Å². The highest BCUT2D eigenvalue weighted by Crippen LogP contribution is 2.39. The molecule has 1 unspecified atom stereocenters. The third-order valence-electron chi connectivity index (χ3n) is 6.00. The van der Waals surface area contributed by atoms with Gasteiger partial charge in [0.25, 0.3) is 11.8 Å². The molecule has 1 saturated heterocycles. The number of benzene rings is 2. The maximum absolute atomic E-state index is 13.7. The predicted octanol–water partition coefficient (Wildman–Crippen LogP) is 3.47. The molecular weight excluding hydrogens is 420 g/mol. The molecule has 0 aromatic heterocycles. The minimum Gasteiger partial charge on any atom is -0.490 e. The van der Waals surface area contributed by atoms with Crippen molar-refractivity contribution in [1.29, 1.82) is 0 Å². The normalized spacial score (nSPS) is 18.8.